The minimum Gasteiger partial charge on any atom is -0.285 e. The molecule has 0 fully saturated rings. The van der Waals surface area contributed by atoms with Gasteiger partial charge in [-0.2, -0.15) is 0 Å². The Kier molecular flexibility index (Phi) is 1.95. The zero-order valence-electron chi connectivity index (χ0n) is 5.29. The maximum absolute atomic E-state index is 4.12. The second-order valence-electron chi connectivity index (χ2n) is 2.39. The van der Waals surface area contributed by atoms with E-state index in [4.69, 9.17) is 0 Å². The van der Waals surface area contributed by atoms with Crippen LogP contribution in [0.15, 0.2) is 4.99 Å². The number of hydrogen-bond donors (Lipinski definition) is 0. The van der Waals surface area contributed by atoms with Gasteiger partial charge in [-0.05, 0) is 5.92 Å². The highest BCUT2D eigenvalue weighted by Crippen LogP contribution is 2.21. The largest absolute Gasteiger partial charge is 0.285 e. The Morgan fingerprint density at radius 3 is 2.75 bits per heavy atom. The first kappa shape index (κ1) is 6.14. The summed E-state index contributed by atoms with van der Waals surface area (Å²) in [6.07, 6.45) is 0. The van der Waals surface area contributed by atoms with Crippen LogP contribution in [0.3, 0.4) is 0 Å². The smallest absolute Gasteiger partial charge is 0.0545 e. The fourth-order valence-electron chi connectivity index (χ4n) is 0.679. The van der Waals surface area contributed by atoms with E-state index in [2.05, 4.69) is 18.8 Å². The molecule has 46 valence electrons. The van der Waals surface area contributed by atoms with Crippen LogP contribution in [-0.4, -0.2) is 17.3 Å². The molecule has 1 atom stereocenters. The molecule has 2 heteroatoms. The Hall–Kier alpha value is 0.0200. The van der Waals surface area contributed by atoms with Crippen LogP contribution >= 0.6 is 11.8 Å². The van der Waals surface area contributed by atoms with E-state index < -0.39 is 0 Å². The van der Waals surface area contributed by atoms with Gasteiger partial charge in [-0.25, -0.2) is 0 Å². The lowest BCUT2D eigenvalue weighted by atomic mass is 10.1. The van der Waals surface area contributed by atoms with Crippen molar-refractivity contribution in [3.63, 3.8) is 0 Å². The Balaban J connectivity index is 2.29. The summed E-state index contributed by atoms with van der Waals surface area (Å²) in [7, 11) is 0. The van der Waals surface area contributed by atoms with Crippen LogP contribution in [-0.2, 0) is 0 Å². The average Bonchev–Trinajstić information content (AvgIpc) is 2.12. The van der Waals surface area contributed by atoms with Gasteiger partial charge in [-0.15, -0.1) is 11.8 Å². The molecule has 1 nitrogen and oxygen atoms in total. The van der Waals surface area contributed by atoms with Crippen LogP contribution in [0.25, 0.3) is 0 Å². The van der Waals surface area contributed by atoms with E-state index in [1.807, 2.05) is 17.3 Å². The van der Waals surface area contributed by atoms with Crippen molar-refractivity contribution in [1.82, 2.24) is 0 Å². The van der Waals surface area contributed by atoms with Crippen molar-refractivity contribution >= 4 is 17.3 Å². The molecular weight excluding hydrogens is 118 g/mol. The minimum absolute atomic E-state index is 0.759. The zero-order valence-corrected chi connectivity index (χ0v) is 6.11. The molecule has 1 heterocycles. The van der Waals surface area contributed by atoms with Crippen molar-refractivity contribution in [2.45, 2.75) is 19.1 Å². The number of rotatable bonds is 1. The molecule has 0 saturated carbocycles. The Labute approximate surface area is 54.6 Å². The van der Waals surface area contributed by atoms with Crippen molar-refractivity contribution in [2.24, 2.45) is 10.9 Å². The van der Waals surface area contributed by atoms with E-state index in [1.54, 1.807) is 0 Å². The highest BCUT2D eigenvalue weighted by molar-refractivity contribution is 8.12. The van der Waals surface area contributed by atoms with Gasteiger partial charge >= 0.3 is 0 Å². The van der Waals surface area contributed by atoms with Gasteiger partial charge in [0.15, 0.2) is 0 Å². The molecule has 0 aromatic carbocycles. The highest BCUT2D eigenvalue weighted by Gasteiger charge is 2.14. The van der Waals surface area contributed by atoms with E-state index in [9.17, 15) is 0 Å². The van der Waals surface area contributed by atoms with E-state index in [-0.39, 0.29) is 0 Å². The molecule has 1 unspecified atom stereocenters. The summed E-state index contributed by atoms with van der Waals surface area (Å²) in [6.45, 7) is 5.51. The first-order valence-corrected chi connectivity index (χ1v) is 3.88. The molecule has 0 radical (unpaired) electrons. The minimum atomic E-state index is 0.759. The zero-order chi connectivity index (χ0) is 5.98. The normalized spacial score (nSPS) is 27.6. The molecule has 1 aliphatic heterocycles. The van der Waals surface area contributed by atoms with Crippen molar-refractivity contribution in [3.8, 4) is 0 Å². The van der Waals surface area contributed by atoms with Crippen molar-refractivity contribution in [1.29, 1.82) is 0 Å². The summed E-state index contributed by atoms with van der Waals surface area (Å²) < 4.78 is 0. The SMILES string of the molecule is CC(C)C1CN=CS1. The fraction of sp³-hybridized carbons (Fsp3) is 0.833. The van der Waals surface area contributed by atoms with Gasteiger partial charge in [0, 0.05) is 5.25 Å². The second kappa shape index (κ2) is 2.53. The summed E-state index contributed by atoms with van der Waals surface area (Å²) in [6, 6.07) is 0. The van der Waals surface area contributed by atoms with Gasteiger partial charge in [-0.1, -0.05) is 13.8 Å². The molecule has 8 heavy (non-hydrogen) atoms. The third kappa shape index (κ3) is 1.25. The Bertz CT molecular complexity index is 90.7. The van der Waals surface area contributed by atoms with Gasteiger partial charge < -0.3 is 0 Å². The van der Waals surface area contributed by atoms with Crippen LogP contribution in [0.2, 0.25) is 0 Å². The third-order valence-electron chi connectivity index (χ3n) is 1.34. The quantitative estimate of drug-likeness (QED) is 0.525. The lowest BCUT2D eigenvalue weighted by Crippen LogP contribution is -2.10. The van der Waals surface area contributed by atoms with Gasteiger partial charge in [-0.3, -0.25) is 4.99 Å². The molecular formula is C6H11NS. The summed E-state index contributed by atoms with van der Waals surface area (Å²) in [5.74, 6) is 0.780. The van der Waals surface area contributed by atoms with E-state index >= 15 is 0 Å². The van der Waals surface area contributed by atoms with Crippen LogP contribution in [0.1, 0.15) is 13.8 Å². The van der Waals surface area contributed by atoms with E-state index in [1.165, 1.54) is 0 Å². The van der Waals surface area contributed by atoms with Crippen molar-refractivity contribution < 1.29 is 0 Å². The van der Waals surface area contributed by atoms with Crippen LogP contribution in [0, 0.1) is 5.92 Å². The van der Waals surface area contributed by atoms with Gasteiger partial charge in [0.1, 0.15) is 0 Å². The predicted octanol–water partition coefficient (Wildman–Crippen LogP) is 1.79. The third-order valence-corrected chi connectivity index (χ3v) is 2.65. The maximum Gasteiger partial charge on any atom is 0.0545 e. The molecule has 1 rings (SSSR count). The number of nitrogens with zero attached hydrogens (tertiary/aromatic N) is 1. The lowest BCUT2D eigenvalue weighted by molar-refractivity contribution is 0.621. The molecule has 0 aromatic heterocycles. The lowest BCUT2D eigenvalue weighted by Gasteiger charge is -2.09. The Morgan fingerprint density at radius 2 is 2.50 bits per heavy atom. The Morgan fingerprint density at radius 1 is 1.75 bits per heavy atom. The average molecular weight is 129 g/mol. The number of aliphatic imine (C=N–C) groups is 1. The monoisotopic (exact) mass is 129 g/mol. The van der Waals surface area contributed by atoms with Crippen molar-refractivity contribution in [3.05, 3.63) is 0 Å². The summed E-state index contributed by atoms with van der Waals surface area (Å²) in [5.41, 5.74) is 1.96. The highest BCUT2D eigenvalue weighted by atomic mass is 32.2. The van der Waals surface area contributed by atoms with Gasteiger partial charge in [0.25, 0.3) is 0 Å². The molecule has 0 spiro atoms. The van der Waals surface area contributed by atoms with Gasteiger partial charge in [0.05, 0.1) is 12.1 Å². The fourth-order valence-corrected chi connectivity index (χ4v) is 1.49. The summed E-state index contributed by atoms with van der Waals surface area (Å²) in [4.78, 5) is 4.12. The molecule has 0 saturated heterocycles. The predicted molar refractivity (Wildman–Crippen MR) is 39.6 cm³/mol. The van der Waals surface area contributed by atoms with Gasteiger partial charge in [0.2, 0.25) is 0 Å². The topological polar surface area (TPSA) is 12.4 Å². The molecule has 1 aliphatic rings. The number of hydrogen-bond acceptors (Lipinski definition) is 2. The molecule has 0 bridgehead atoms. The maximum atomic E-state index is 4.12. The van der Waals surface area contributed by atoms with Crippen molar-refractivity contribution in [2.75, 3.05) is 6.54 Å². The first-order valence-electron chi connectivity index (χ1n) is 2.94. The molecule has 0 N–H and O–H groups in total. The molecule has 0 amide bonds. The number of thioether (sulfide) groups is 1. The van der Waals surface area contributed by atoms with E-state index in [0.717, 1.165) is 17.7 Å². The molecule has 0 aliphatic carbocycles. The standard InChI is InChI=1S/C6H11NS/c1-5(2)6-3-7-4-8-6/h4-6H,3H2,1-2H3. The second-order valence-corrected chi connectivity index (χ2v) is 3.48. The summed E-state index contributed by atoms with van der Waals surface area (Å²) >= 11 is 1.86. The summed E-state index contributed by atoms with van der Waals surface area (Å²) in [5, 5.41) is 0.759. The van der Waals surface area contributed by atoms with E-state index in [0.29, 0.717) is 0 Å². The van der Waals surface area contributed by atoms with Crippen LogP contribution in [0.4, 0.5) is 0 Å². The first-order chi connectivity index (χ1) is 3.80. The molecule has 0 aromatic rings. The van der Waals surface area contributed by atoms with Crippen LogP contribution < -0.4 is 0 Å². The van der Waals surface area contributed by atoms with Crippen LogP contribution in [0.5, 0.6) is 0 Å².